The van der Waals surface area contributed by atoms with Crippen molar-refractivity contribution < 1.29 is 14.4 Å². The summed E-state index contributed by atoms with van der Waals surface area (Å²) in [5.74, 6) is -1.69. The van der Waals surface area contributed by atoms with Crippen molar-refractivity contribution in [3.8, 4) is 0 Å². The molecule has 0 saturated carbocycles. The number of halogens is 1. The van der Waals surface area contributed by atoms with E-state index in [1.807, 2.05) is 32.9 Å². The second-order valence-electron chi connectivity index (χ2n) is 6.99. The Morgan fingerprint density at radius 1 is 1.04 bits per heavy atom. The lowest BCUT2D eigenvalue weighted by molar-refractivity contribution is -0.147. The minimum atomic E-state index is -0.696. The zero-order valence-electron chi connectivity index (χ0n) is 16.1. The highest BCUT2D eigenvalue weighted by molar-refractivity contribution is 6.41. The van der Waals surface area contributed by atoms with E-state index in [2.05, 4.69) is 5.32 Å². The summed E-state index contributed by atoms with van der Waals surface area (Å²) in [5, 5.41) is 3.35. The Kier molecular flexibility index (Phi) is 5.70. The van der Waals surface area contributed by atoms with Crippen LogP contribution in [0.5, 0.6) is 0 Å². The number of rotatable bonds is 4. The number of amides is 3. The van der Waals surface area contributed by atoms with Crippen LogP contribution in [-0.4, -0.2) is 42.3 Å². The minimum Gasteiger partial charge on any atom is -0.324 e. The molecule has 3 rings (SSSR count). The molecule has 1 aliphatic heterocycles. The molecule has 0 unspecified atom stereocenters. The molecular formula is C21H22ClN3O3. The predicted molar refractivity (Wildman–Crippen MR) is 110 cm³/mol. The molecule has 0 aromatic heterocycles. The molecule has 1 heterocycles. The maximum atomic E-state index is 12.5. The second kappa shape index (κ2) is 8.02. The normalized spacial score (nSPS) is 14.4. The van der Waals surface area contributed by atoms with Gasteiger partial charge >= 0.3 is 11.8 Å². The molecule has 0 atom stereocenters. The summed E-state index contributed by atoms with van der Waals surface area (Å²) in [7, 11) is 0. The largest absolute Gasteiger partial charge is 0.324 e. The highest BCUT2D eigenvalue weighted by Gasteiger charge is 2.34. The number of anilines is 2. The average molecular weight is 400 g/mol. The first-order valence-corrected chi connectivity index (χ1v) is 9.38. The summed E-state index contributed by atoms with van der Waals surface area (Å²) in [6.07, 6.45) is 0. The monoisotopic (exact) mass is 399 g/mol. The van der Waals surface area contributed by atoms with E-state index in [4.69, 9.17) is 11.6 Å². The summed E-state index contributed by atoms with van der Waals surface area (Å²) < 4.78 is 0. The fourth-order valence-electron chi connectivity index (χ4n) is 3.45. The van der Waals surface area contributed by atoms with Crippen LogP contribution in [-0.2, 0) is 14.4 Å². The van der Waals surface area contributed by atoms with Crippen molar-refractivity contribution in [2.75, 3.05) is 29.9 Å². The van der Waals surface area contributed by atoms with Gasteiger partial charge in [0.1, 0.15) is 6.54 Å². The fraction of sp³-hybridized carbons (Fsp3) is 0.286. The molecule has 2 aromatic rings. The summed E-state index contributed by atoms with van der Waals surface area (Å²) in [4.78, 5) is 40.1. The molecule has 1 fully saturated rings. The van der Waals surface area contributed by atoms with E-state index in [-0.39, 0.29) is 19.0 Å². The molecule has 146 valence electrons. The molecule has 1 aliphatic rings. The van der Waals surface area contributed by atoms with E-state index in [0.29, 0.717) is 17.3 Å². The number of nitrogens with zero attached hydrogens (tertiary/aromatic N) is 2. The Morgan fingerprint density at radius 2 is 1.71 bits per heavy atom. The van der Waals surface area contributed by atoms with Gasteiger partial charge in [0, 0.05) is 29.5 Å². The summed E-state index contributed by atoms with van der Waals surface area (Å²) in [6, 6.07) is 10.8. The lowest BCUT2D eigenvalue weighted by Crippen LogP contribution is -2.56. The van der Waals surface area contributed by atoms with Crippen molar-refractivity contribution in [2.45, 2.75) is 20.8 Å². The van der Waals surface area contributed by atoms with Gasteiger partial charge in [0.2, 0.25) is 5.91 Å². The van der Waals surface area contributed by atoms with E-state index in [1.54, 1.807) is 24.3 Å². The SMILES string of the molecule is Cc1cc(C)c(NC(=O)CN2CCN(c3cccc(Cl)c3)C(=O)C2=O)c(C)c1. The Labute approximate surface area is 169 Å². The van der Waals surface area contributed by atoms with Crippen LogP contribution in [0.15, 0.2) is 36.4 Å². The summed E-state index contributed by atoms with van der Waals surface area (Å²) in [5.41, 5.74) is 4.34. The Morgan fingerprint density at radius 3 is 2.36 bits per heavy atom. The number of piperazine rings is 1. The van der Waals surface area contributed by atoms with Gasteiger partial charge in [0.05, 0.1) is 0 Å². The molecule has 7 heteroatoms. The summed E-state index contributed by atoms with van der Waals surface area (Å²) in [6.45, 7) is 6.26. The maximum Gasteiger partial charge on any atom is 0.316 e. The first-order valence-electron chi connectivity index (χ1n) is 9.00. The Bertz CT molecular complexity index is 935. The smallest absolute Gasteiger partial charge is 0.316 e. The highest BCUT2D eigenvalue weighted by atomic mass is 35.5. The van der Waals surface area contributed by atoms with Crippen LogP contribution in [0.4, 0.5) is 11.4 Å². The van der Waals surface area contributed by atoms with Crippen LogP contribution in [0.1, 0.15) is 16.7 Å². The van der Waals surface area contributed by atoms with Gasteiger partial charge in [-0.15, -0.1) is 0 Å². The number of aryl methyl sites for hydroxylation is 3. The minimum absolute atomic E-state index is 0.166. The number of hydrogen-bond acceptors (Lipinski definition) is 3. The molecular weight excluding hydrogens is 378 g/mol. The molecule has 2 aromatic carbocycles. The van der Waals surface area contributed by atoms with Gasteiger partial charge in [-0.3, -0.25) is 14.4 Å². The van der Waals surface area contributed by atoms with Crippen molar-refractivity contribution in [2.24, 2.45) is 0 Å². The van der Waals surface area contributed by atoms with Gasteiger partial charge in [-0.25, -0.2) is 0 Å². The molecule has 1 saturated heterocycles. The first-order chi connectivity index (χ1) is 13.3. The van der Waals surface area contributed by atoms with Gasteiger partial charge < -0.3 is 15.1 Å². The third-order valence-electron chi connectivity index (χ3n) is 4.70. The average Bonchev–Trinajstić information content (AvgIpc) is 2.62. The van der Waals surface area contributed by atoms with E-state index < -0.39 is 11.8 Å². The highest BCUT2D eigenvalue weighted by Crippen LogP contribution is 2.23. The Hall–Kier alpha value is -2.86. The van der Waals surface area contributed by atoms with Crippen LogP contribution < -0.4 is 10.2 Å². The van der Waals surface area contributed by atoms with E-state index >= 15 is 0 Å². The van der Waals surface area contributed by atoms with Gasteiger partial charge in [-0.2, -0.15) is 0 Å². The third kappa shape index (κ3) is 4.17. The van der Waals surface area contributed by atoms with Crippen LogP contribution in [0, 0.1) is 20.8 Å². The topological polar surface area (TPSA) is 69.7 Å². The van der Waals surface area contributed by atoms with Gasteiger partial charge in [0.25, 0.3) is 0 Å². The van der Waals surface area contributed by atoms with Crippen molar-refractivity contribution in [3.63, 3.8) is 0 Å². The van der Waals surface area contributed by atoms with E-state index in [9.17, 15) is 14.4 Å². The molecule has 6 nitrogen and oxygen atoms in total. The third-order valence-corrected chi connectivity index (χ3v) is 4.94. The maximum absolute atomic E-state index is 12.5. The predicted octanol–water partition coefficient (Wildman–Crippen LogP) is 3.08. The van der Waals surface area contributed by atoms with Crippen LogP contribution in [0.3, 0.4) is 0 Å². The van der Waals surface area contributed by atoms with Crippen molar-refractivity contribution in [1.82, 2.24) is 4.90 Å². The zero-order valence-corrected chi connectivity index (χ0v) is 16.8. The summed E-state index contributed by atoms with van der Waals surface area (Å²) >= 11 is 5.97. The standard InChI is InChI=1S/C21H22ClN3O3/c1-13-9-14(2)19(15(3)10-13)23-18(26)12-24-7-8-25(21(28)20(24)27)17-6-4-5-16(22)11-17/h4-6,9-11H,7-8,12H2,1-3H3,(H,23,26). The molecule has 28 heavy (non-hydrogen) atoms. The number of nitrogens with one attached hydrogen (secondary N) is 1. The molecule has 0 bridgehead atoms. The van der Waals surface area contributed by atoms with E-state index in [1.165, 1.54) is 9.80 Å². The van der Waals surface area contributed by atoms with Gasteiger partial charge in [-0.1, -0.05) is 35.4 Å². The van der Waals surface area contributed by atoms with Crippen LogP contribution in [0.2, 0.25) is 5.02 Å². The van der Waals surface area contributed by atoms with Gasteiger partial charge in [-0.05, 0) is 50.1 Å². The second-order valence-corrected chi connectivity index (χ2v) is 7.42. The number of benzene rings is 2. The molecule has 0 radical (unpaired) electrons. The zero-order chi connectivity index (χ0) is 20.4. The van der Waals surface area contributed by atoms with Crippen molar-refractivity contribution in [3.05, 3.63) is 58.1 Å². The molecule has 0 aliphatic carbocycles. The number of carbonyl (C=O) groups excluding carboxylic acids is 3. The van der Waals surface area contributed by atoms with Crippen molar-refractivity contribution in [1.29, 1.82) is 0 Å². The van der Waals surface area contributed by atoms with E-state index in [0.717, 1.165) is 22.4 Å². The fourth-order valence-corrected chi connectivity index (χ4v) is 3.63. The van der Waals surface area contributed by atoms with Gasteiger partial charge in [0.15, 0.2) is 0 Å². The number of hydrogen-bond donors (Lipinski definition) is 1. The number of carbonyl (C=O) groups is 3. The van der Waals surface area contributed by atoms with Crippen molar-refractivity contribution >= 4 is 40.7 Å². The lowest BCUT2D eigenvalue weighted by Gasteiger charge is -2.33. The molecule has 0 spiro atoms. The Balaban J connectivity index is 1.67. The quantitative estimate of drug-likeness (QED) is 0.803. The van der Waals surface area contributed by atoms with Crippen LogP contribution in [0.25, 0.3) is 0 Å². The lowest BCUT2D eigenvalue weighted by atomic mass is 10.1. The first kappa shape index (κ1) is 19.9. The van der Waals surface area contributed by atoms with Crippen LogP contribution >= 0.6 is 11.6 Å². The molecule has 1 N–H and O–H groups in total. The molecule has 3 amide bonds.